The van der Waals surface area contributed by atoms with Gasteiger partial charge < -0.3 is 4.84 Å². The van der Waals surface area contributed by atoms with Gasteiger partial charge in [0.1, 0.15) is 11.4 Å². The Morgan fingerprint density at radius 3 is 3.27 bits per heavy atom. The Morgan fingerprint density at radius 2 is 2.33 bits per heavy atom. The van der Waals surface area contributed by atoms with E-state index in [1.807, 2.05) is 11.8 Å². The Hall–Kier alpha value is -0.510. The lowest BCUT2D eigenvalue weighted by molar-refractivity contribution is -0.119. The van der Waals surface area contributed by atoms with Gasteiger partial charge in [-0.2, -0.15) is 0 Å². The molecule has 0 aromatic heterocycles. The summed E-state index contributed by atoms with van der Waals surface area (Å²) in [6.45, 7) is 0.692. The van der Waals surface area contributed by atoms with Gasteiger partial charge in [0.2, 0.25) is 0 Å². The summed E-state index contributed by atoms with van der Waals surface area (Å²) in [6, 6.07) is 0. The molecule has 2 fully saturated rings. The van der Waals surface area contributed by atoms with Crippen molar-refractivity contribution in [2.45, 2.75) is 36.9 Å². The van der Waals surface area contributed by atoms with Gasteiger partial charge in [0.15, 0.2) is 5.78 Å². The monoisotopic (exact) mass is 225 g/mol. The smallest absolute Gasteiger partial charge is 0.154 e. The van der Waals surface area contributed by atoms with Crippen LogP contribution < -0.4 is 0 Å². The first-order chi connectivity index (χ1) is 7.33. The number of nitrogens with zero attached hydrogens (tertiary/aromatic N) is 1. The van der Waals surface area contributed by atoms with E-state index in [0.717, 1.165) is 37.1 Å². The maximum Gasteiger partial charge on any atom is 0.154 e. The number of carbonyl (C=O) groups excluding carboxylic acids is 1. The highest BCUT2D eigenvalue weighted by molar-refractivity contribution is 8.02. The summed E-state index contributed by atoms with van der Waals surface area (Å²) in [4.78, 5) is 17.4. The quantitative estimate of drug-likeness (QED) is 0.633. The van der Waals surface area contributed by atoms with E-state index in [0.29, 0.717) is 18.3 Å². The normalized spacial score (nSPS) is 39.9. The molecule has 1 saturated heterocycles. The van der Waals surface area contributed by atoms with Crippen LogP contribution in [0.25, 0.3) is 0 Å². The van der Waals surface area contributed by atoms with Gasteiger partial charge in [0.05, 0.1) is 5.71 Å². The SMILES string of the molecule is O=C1CCCCCC12SCC1CON=C12. The number of hydrogen-bond acceptors (Lipinski definition) is 4. The van der Waals surface area contributed by atoms with Crippen LogP contribution in [0.15, 0.2) is 5.16 Å². The van der Waals surface area contributed by atoms with E-state index in [-0.39, 0.29) is 4.75 Å². The van der Waals surface area contributed by atoms with Gasteiger partial charge in [-0.1, -0.05) is 18.0 Å². The third-order valence-corrected chi connectivity index (χ3v) is 5.36. The summed E-state index contributed by atoms with van der Waals surface area (Å²) in [7, 11) is 0. The molecule has 2 atom stereocenters. The number of carbonyl (C=O) groups is 1. The number of Topliss-reactive ketones (excluding diaryl/α,β-unsaturated/α-hetero) is 1. The molecule has 0 aromatic rings. The maximum atomic E-state index is 12.2. The molecule has 3 nitrogen and oxygen atoms in total. The van der Waals surface area contributed by atoms with Crippen LogP contribution >= 0.6 is 11.8 Å². The second kappa shape index (κ2) is 3.51. The molecule has 0 aromatic carbocycles. The Morgan fingerprint density at radius 1 is 1.40 bits per heavy atom. The van der Waals surface area contributed by atoms with Gasteiger partial charge in [-0.25, -0.2) is 0 Å². The molecule has 0 amide bonds. The predicted octanol–water partition coefficient (Wildman–Crippen LogP) is 2.01. The molecule has 2 unspecified atom stereocenters. The predicted molar refractivity (Wildman–Crippen MR) is 60.2 cm³/mol. The molecule has 2 aliphatic heterocycles. The fraction of sp³-hybridized carbons (Fsp3) is 0.818. The van der Waals surface area contributed by atoms with Gasteiger partial charge in [0, 0.05) is 18.1 Å². The minimum absolute atomic E-state index is 0.280. The van der Waals surface area contributed by atoms with Crippen molar-refractivity contribution in [1.82, 2.24) is 0 Å². The van der Waals surface area contributed by atoms with E-state index in [1.54, 1.807) is 0 Å². The van der Waals surface area contributed by atoms with Crippen LogP contribution in [0, 0.1) is 5.92 Å². The van der Waals surface area contributed by atoms with Crippen molar-refractivity contribution < 1.29 is 9.63 Å². The Bertz CT molecular complexity index is 329. The molecule has 3 rings (SSSR count). The number of hydrogen-bond donors (Lipinski definition) is 0. The Balaban J connectivity index is 1.96. The second-order valence-electron chi connectivity index (χ2n) is 4.59. The van der Waals surface area contributed by atoms with Crippen molar-refractivity contribution in [2.75, 3.05) is 12.4 Å². The fourth-order valence-electron chi connectivity index (χ4n) is 2.80. The topological polar surface area (TPSA) is 38.7 Å². The molecule has 82 valence electrons. The molecule has 15 heavy (non-hydrogen) atoms. The summed E-state index contributed by atoms with van der Waals surface area (Å²) in [6.07, 6.45) is 5.12. The summed E-state index contributed by atoms with van der Waals surface area (Å²) in [5.74, 6) is 1.83. The molecule has 4 heteroatoms. The van der Waals surface area contributed by atoms with E-state index in [1.165, 1.54) is 6.42 Å². The molecule has 1 saturated carbocycles. The average Bonchev–Trinajstić information content (AvgIpc) is 2.75. The Labute approximate surface area is 93.6 Å². The molecule has 0 N–H and O–H groups in total. The van der Waals surface area contributed by atoms with Gasteiger partial charge in [-0.05, 0) is 12.8 Å². The van der Waals surface area contributed by atoms with Crippen molar-refractivity contribution in [2.24, 2.45) is 11.1 Å². The molecule has 0 bridgehead atoms. The molecule has 1 aliphatic carbocycles. The highest BCUT2D eigenvalue weighted by Gasteiger charge is 2.53. The zero-order valence-electron chi connectivity index (χ0n) is 8.70. The van der Waals surface area contributed by atoms with E-state index >= 15 is 0 Å². The summed E-state index contributed by atoms with van der Waals surface area (Å²) < 4.78 is -0.280. The van der Waals surface area contributed by atoms with Crippen molar-refractivity contribution in [3.8, 4) is 0 Å². The molecule has 2 heterocycles. The summed E-state index contributed by atoms with van der Waals surface area (Å²) in [5.41, 5.74) is 1.06. The number of fused-ring (bicyclic) bond motifs is 2. The molecule has 1 spiro atoms. The van der Waals surface area contributed by atoms with Crippen molar-refractivity contribution >= 4 is 23.3 Å². The summed E-state index contributed by atoms with van der Waals surface area (Å²) in [5, 5.41) is 4.14. The second-order valence-corrected chi connectivity index (χ2v) is 5.91. The lowest BCUT2D eigenvalue weighted by Crippen LogP contribution is -2.40. The number of ketones is 1. The average molecular weight is 225 g/mol. The highest BCUT2D eigenvalue weighted by atomic mass is 32.2. The summed E-state index contributed by atoms with van der Waals surface area (Å²) >= 11 is 1.82. The molecular weight excluding hydrogens is 210 g/mol. The van der Waals surface area contributed by atoms with Crippen LogP contribution in [0.2, 0.25) is 0 Å². The number of oxime groups is 1. The van der Waals surface area contributed by atoms with Gasteiger partial charge in [-0.3, -0.25) is 4.79 Å². The van der Waals surface area contributed by atoms with E-state index in [2.05, 4.69) is 5.16 Å². The lowest BCUT2D eigenvalue weighted by atomic mass is 9.87. The first-order valence-corrected chi connectivity index (χ1v) is 6.69. The van der Waals surface area contributed by atoms with Crippen LogP contribution in [0.4, 0.5) is 0 Å². The molecule has 3 aliphatic rings. The minimum Gasteiger partial charge on any atom is -0.395 e. The third kappa shape index (κ3) is 1.34. The van der Waals surface area contributed by atoms with Crippen LogP contribution in [0.5, 0.6) is 0 Å². The minimum atomic E-state index is -0.280. The Kier molecular flexibility index (Phi) is 2.27. The zero-order chi connectivity index (χ0) is 10.3. The van der Waals surface area contributed by atoms with E-state index in [4.69, 9.17) is 4.84 Å². The van der Waals surface area contributed by atoms with Crippen molar-refractivity contribution in [1.29, 1.82) is 0 Å². The van der Waals surface area contributed by atoms with Crippen LogP contribution in [0.1, 0.15) is 32.1 Å². The van der Waals surface area contributed by atoms with E-state index in [9.17, 15) is 4.79 Å². The third-order valence-electron chi connectivity index (χ3n) is 3.65. The van der Waals surface area contributed by atoms with Crippen LogP contribution in [0.3, 0.4) is 0 Å². The zero-order valence-corrected chi connectivity index (χ0v) is 9.52. The highest BCUT2D eigenvalue weighted by Crippen LogP contribution is 2.47. The standard InChI is InChI=1S/C11H15NO2S/c13-9-4-2-1-3-5-11(9)10-8(7-15-11)6-14-12-10/h8H,1-7H2. The fourth-order valence-corrected chi connectivity index (χ4v) is 4.44. The van der Waals surface area contributed by atoms with Crippen LogP contribution in [-0.4, -0.2) is 28.6 Å². The molecule has 0 radical (unpaired) electrons. The van der Waals surface area contributed by atoms with Crippen LogP contribution in [-0.2, 0) is 9.63 Å². The number of rotatable bonds is 0. The first-order valence-electron chi connectivity index (χ1n) is 5.70. The van der Waals surface area contributed by atoms with Crippen molar-refractivity contribution in [3.05, 3.63) is 0 Å². The largest absolute Gasteiger partial charge is 0.395 e. The van der Waals surface area contributed by atoms with Gasteiger partial charge in [-0.15, -0.1) is 11.8 Å². The van der Waals surface area contributed by atoms with Crippen molar-refractivity contribution in [3.63, 3.8) is 0 Å². The van der Waals surface area contributed by atoms with Gasteiger partial charge in [0.25, 0.3) is 0 Å². The number of thioether (sulfide) groups is 1. The lowest BCUT2D eigenvalue weighted by Gasteiger charge is -2.24. The van der Waals surface area contributed by atoms with Gasteiger partial charge >= 0.3 is 0 Å². The maximum absolute atomic E-state index is 12.2. The van der Waals surface area contributed by atoms with E-state index < -0.39 is 0 Å². The molecular formula is C11H15NO2S. The first kappa shape index (κ1) is 9.70.